The van der Waals surface area contributed by atoms with Crippen LogP contribution >= 0.6 is 27.3 Å². The highest BCUT2D eigenvalue weighted by Crippen LogP contribution is 2.26. The number of hydrogen-bond acceptors (Lipinski definition) is 4. The molecule has 1 aromatic heterocycles. The first-order valence-electron chi connectivity index (χ1n) is 7.31. The van der Waals surface area contributed by atoms with Crippen LogP contribution < -0.4 is 10.1 Å². The van der Waals surface area contributed by atoms with E-state index in [-0.39, 0.29) is 12.5 Å². The lowest BCUT2D eigenvalue weighted by molar-refractivity contribution is -0.118. The minimum atomic E-state index is -0.240. The third-order valence-corrected chi connectivity index (χ3v) is 4.71. The molecule has 3 rings (SSSR count). The fourth-order valence-corrected chi connectivity index (χ4v) is 3.18. The fraction of sp³-hybridized carbons (Fsp3) is 0.111. The molecular weight excluding hydrogens is 388 g/mol. The van der Waals surface area contributed by atoms with Gasteiger partial charge in [-0.15, -0.1) is 11.3 Å². The monoisotopic (exact) mass is 402 g/mol. The highest BCUT2D eigenvalue weighted by atomic mass is 79.9. The second kappa shape index (κ2) is 7.59. The predicted octanol–water partition coefficient (Wildman–Crippen LogP) is 4.90. The lowest BCUT2D eigenvalue weighted by atomic mass is 10.1. The maximum Gasteiger partial charge on any atom is 0.264 e. The largest absolute Gasteiger partial charge is 0.483 e. The van der Waals surface area contributed by atoms with Crippen molar-refractivity contribution in [1.82, 2.24) is 4.98 Å². The first kappa shape index (κ1) is 16.7. The van der Waals surface area contributed by atoms with Crippen molar-refractivity contribution < 1.29 is 9.53 Å². The Balaban J connectivity index is 1.59. The zero-order chi connectivity index (χ0) is 16.9. The van der Waals surface area contributed by atoms with Crippen molar-refractivity contribution in [2.75, 3.05) is 11.9 Å². The van der Waals surface area contributed by atoms with E-state index in [0.717, 1.165) is 15.7 Å². The van der Waals surface area contributed by atoms with Crippen molar-refractivity contribution in [1.29, 1.82) is 0 Å². The van der Waals surface area contributed by atoms with Crippen LogP contribution in [0.3, 0.4) is 0 Å². The highest BCUT2D eigenvalue weighted by Gasteiger charge is 2.09. The van der Waals surface area contributed by atoms with Gasteiger partial charge in [0.15, 0.2) is 11.7 Å². The first-order chi connectivity index (χ1) is 11.6. The number of hydrogen-bond donors (Lipinski definition) is 1. The summed E-state index contributed by atoms with van der Waals surface area (Å²) in [6.07, 6.45) is 0. The number of amides is 1. The standard InChI is InChI=1S/C18H15BrN2O2S/c1-12-6-8-13(9-7-12)15-11-24-18(20-15)21-17(22)10-23-16-5-3-2-4-14(16)19/h2-9,11H,10H2,1H3,(H,20,21,22). The molecule has 0 unspecified atom stereocenters. The van der Waals surface area contributed by atoms with Gasteiger partial charge in [-0.2, -0.15) is 0 Å². The van der Waals surface area contributed by atoms with Crippen LogP contribution in [-0.2, 0) is 4.79 Å². The van der Waals surface area contributed by atoms with Crippen LogP contribution in [0.25, 0.3) is 11.3 Å². The molecule has 1 heterocycles. The molecule has 3 aromatic rings. The van der Waals surface area contributed by atoms with Crippen LogP contribution in [0, 0.1) is 6.92 Å². The van der Waals surface area contributed by atoms with E-state index < -0.39 is 0 Å². The number of para-hydroxylation sites is 1. The van der Waals surface area contributed by atoms with Gasteiger partial charge in [-0.05, 0) is 35.0 Å². The van der Waals surface area contributed by atoms with Crippen molar-refractivity contribution in [3.05, 3.63) is 63.9 Å². The molecular formula is C18H15BrN2O2S. The van der Waals surface area contributed by atoms with E-state index in [1.807, 2.05) is 54.8 Å². The van der Waals surface area contributed by atoms with Crippen molar-refractivity contribution in [2.45, 2.75) is 6.92 Å². The van der Waals surface area contributed by atoms with E-state index in [1.165, 1.54) is 16.9 Å². The van der Waals surface area contributed by atoms with E-state index in [1.54, 1.807) is 6.07 Å². The van der Waals surface area contributed by atoms with Gasteiger partial charge in [0.05, 0.1) is 10.2 Å². The fourth-order valence-electron chi connectivity index (χ4n) is 2.05. The lowest BCUT2D eigenvalue weighted by Crippen LogP contribution is -2.20. The number of rotatable bonds is 5. The summed E-state index contributed by atoms with van der Waals surface area (Å²) >= 11 is 4.77. The predicted molar refractivity (Wildman–Crippen MR) is 101 cm³/mol. The van der Waals surface area contributed by atoms with Crippen LogP contribution in [-0.4, -0.2) is 17.5 Å². The van der Waals surface area contributed by atoms with Gasteiger partial charge >= 0.3 is 0 Å². The number of halogens is 1. The molecule has 122 valence electrons. The third kappa shape index (κ3) is 4.21. The Bertz CT molecular complexity index is 846. The summed E-state index contributed by atoms with van der Waals surface area (Å²) in [5.41, 5.74) is 3.08. The highest BCUT2D eigenvalue weighted by molar-refractivity contribution is 9.10. The molecule has 0 saturated heterocycles. The van der Waals surface area contributed by atoms with Gasteiger partial charge in [0.25, 0.3) is 5.91 Å². The summed E-state index contributed by atoms with van der Waals surface area (Å²) in [5.74, 6) is 0.391. The molecule has 1 N–H and O–H groups in total. The minimum absolute atomic E-state index is 0.0674. The van der Waals surface area contributed by atoms with Crippen molar-refractivity contribution in [2.24, 2.45) is 0 Å². The Labute approximate surface area is 152 Å². The van der Waals surface area contributed by atoms with Gasteiger partial charge in [-0.3, -0.25) is 10.1 Å². The van der Waals surface area contributed by atoms with Crippen LogP contribution in [0.15, 0.2) is 58.4 Å². The number of carbonyl (C=O) groups is 1. The zero-order valence-electron chi connectivity index (χ0n) is 13.0. The minimum Gasteiger partial charge on any atom is -0.483 e. The van der Waals surface area contributed by atoms with Gasteiger partial charge in [-0.1, -0.05) is 42.0 Å². The zero-order valence-corrected chi connectivity index (χ0v) is 15.4. The van der Waals surface area contributed by atoms with E-state index in [4.69, 9.17) is 4.74 Å². The number of carbonyl (C=O) groups excluding carboxylic acids is 1. The van der Waals surface area contributed by atoms with E-state index in [2.05, 4.69) is 26.2 Å². The molecule has 0 atom stereocenters. The molecule has 6 heteroatoms. The quantitative estimate of drug-likeness (QED) is 0.660. The van der Waals surface area contributed by atoms with Gasteiger partial charge in [0.2, 0.25) is 0 Å². The Morgan fingerprint density at radius 3 is 2.71 bits per heavy atom. The summed E-state index contributed by atoms with van der Waals surface area (Å²) < 4.78 is 6.31. The Kier molecular flexibility index (Phi) is 5.27. The summed E-state index contributed by atoms with van der Waals surface area (Å²) in [6, 6.07) is 15.5. The van der Waals surface area contributed by atoms with Crippen LogP contribution in [0.5, 0.6) is 5.75 Å². The SMILES string of the molecule is Cc1ccc(-c2csc(NC(=O)COc3ccccc3Br)n2)cc1. The number of ether oxygens (including phenoxy) is 1. The molecule has 4 nitrogen and oxygen atoms in total. The molecule has 0 saturated carbocycles. The molecule has 24 heavy (non-hydrogen) atoms. The van der Waals surface area contributed by atoms with E-state index >= 15 is 0 Å². The molecule has 0 spiro atoms. The van der Waals surface area contributed by atoms with Gasteiger partial charge in [-0.25, -0.2) is 4.98 Å². The van der Waals surface area contributed by atoms with Crippen molar-refractivity contribution in [3.8, 4) is 17.0 Å². The maximum atomic E-state index is 12.0. The lowest BCUT2D eigenvalue weighted by Gasteiger charge is -2.07. The van der Waals surface area contributed by atoms with Crippen molar-refractivity contribution >= 4 is 38.3 Å². The number of anilines is 1. The average molecular weight is 403 g/mol. The Hall–Kier alpha value is -2.18. The number of aromatic nitrogens is 1. The average Bonchev–Trinajstić information content (AvgIpc) is 3.03. The van der Waals surface area contributed by atoms with Crippen LogP contribution in [0.2, 0.25) is 0 Å². The van der Waals surface area contributed by atoms with Gasteiger partial charge in [0, 0.05) is 10.9 Å². The maximum absolute atomic E-state index is 12.0. The molecule has 0 aliphatic rings. The number of nitrogens with zero attached hydrogens (tertiary/aromatic N) is 1. The first-order valence-corrected chi connectivity index (χ1v) is 8.99. The molecule has 2 aromatic carbocycles. The normalized spacial score (nSPS) is 10.4. The summed E-state index contributed by atoms with van der Waals surface area (Å²) in [4.78, 5) is 16.4. The van der Waals surface area contributed by atoms with E-state index in [0.29, 0.717) is 10.9 Å². The van der Waals surface area contributed by atoms with Crippen LogP contribution in [0.1, 0.15) is 5.56 Å². The molecule has 0 radical (unpaired) electrons. The Morgan fingerprint density at radius 2 is 1.96 bits per heavy atom. The van der Waals surface area contributed by atoms with E-state index in [9.17, 15) is 4.79 Å². The summed E-state index contributed by atoms with van der Waals surface area (Å²) in [7, 11) is 0. The number of aryl methyl sites for hydroxylation is 1. The molecule has 0 bridgehead atoms. The molecule has 0 fully saturated rings. The Morgan fingerprint density at radius 1 is 1.21 bits per heavy atom. The van der Waals surface area contributed by atoms with Gasteiger partial charge in [0.1, 0.15) is 5.75 Å². The van der Waals surface area contributed by atoms with Gasteiger partial charge < -0.3 is 4.74 Å². The third-order valence-electron chi connectivity index (χ3n) is 3.29. The molecule has 1 amide bonds. The second-order valence-electron chi connectivity index (χ2n) is 5.17. The number of nitrogens with one attached hydrogen (secondary N) is 1. The number of thiazole rings is 1. The molecule has 0 aliphatic carbocycles. The smallest absolute Gasteiger partial charge is 0.264 e. The summed E-state index contributed by atoms with van der Waals surface area (Å²) in [6.45, 7) is 1.98. The van der Waals surface area contributed by atoms with Crippen LogP contribution in [0.4, 0.5) is 5.13 Å². The topological polar surface area (TPSA) is 51.2 Å². The second-order valence-corrected chi connectivity index (χ2v) is 6.88. The summed E-state index contributed by atoms with van der Waals surface area (Å²) in [5, 5.41) is 5.25. The molecule has 0 aliphatic heterocycles. The van der Waals surface area contributed by atoms with Crippen molar-refractivity contribution in [3.63, 3.8) is 0 Å². The number of benzene rings is 2.